The van der Waals surface area contributed by atoms with Gasteiger partial charge in [0.05, 0.1) is 5.56 Å². The molecule has 1 N–H and O–H groups in total. The fourth-order valence-corrected chi connectivity index (χ4v) is 1.61. The number of halogens is 4. The van der Waals surface area contributed by atoms with Crippen molar-refractivity contribution in [2.24, 2.45) is 0 Å². The smallest absolute Gasteiger partial charge is 0.307 e. The minimum Gasteiger partial charge on any atom is -0.307 e. The zero-order valence-corrected chi connectivity index (χ0v) is 10.8. The quantitative estimate of drug-likeness (QED) is 0.857. The summed E-state index contributed by atoms with van der Waals surface area (Å²) in [6.07, 6.45) is -3.36. The largest absolute Gasteiger partial charge is 0.419 e. The number of benzene rings is 1. The summed E-state index contributed by atoms with van der Waals surface area (Å²) in [5.74, 6) is -2.02. The lowest BCUT2D eigenvalue weighted by Crippen LogP contribution is -2.15. The number of nitrogens with zero attached hydrogens (tertiary/aromatic N) is 1. The van der Waals surface area contributed by atoms with Crippen LogP contribution in [-0.2, 0) is 6.18 Å². The van der Waals surface area contributed by atoms with Crippen LogP contribution in [0.15, 0.2) is 36.5 Å². The third-order valence-electron chi connectivity index (χ3n) is 2.69. The molecule has 2 aromatic rings. The normalized spacial score (nSPS) is 11.3. The van der Waals surface area contributed by atoms with Gasteiger partial charge in [-0.3, -0.25) is 4.79 Å². The van der Waals surface area contributed by atoms with E-state index in [0.717, 1.165) is 11.6 Å². The van der Waals surface area contributed by atoms with E-state index >= 15 is 0 Å². The van der Waals surface area contributed by atoms with E-state index in [-0.39, 0.29) is 11.4 Å². The van der Waals surface area contributed by atoms with Crippen LogP contribution in [0.4, 0.5) is 23.4 Å². The van der Waals surface area contributed by atoms with Crippen molar-refractivity contribution in [2.75, 3.05) is 5.32 Å². The Morgan fingerprint density at radius 2 is 1.90 bits per heavy atom. The number of anilines is 1. The van der Waals surface area contributed by atoms with Gasteiger partial charge < -0.3 is 5.32 Å². The number of carbonyl (C=O) groups is 1. The predicted octanol–water partition coefficient (Wildman–Crippen LogP) is 3.80. The third kappa shape index (κ3) is 3.56. The summed E-state index contributed by atoms with van der Waals surface area (Å²) in [4.78, 5) is 15.8. The van der Waals surface area contributed by atoms with Crippen LogP contribution in [0, 0.1) is 12.7 Å². The van der Waals surface area contributed by atoms with E-state index in [4.69, 9.17) is 0 Å². The van der Waals surface area contributed by atoms with Gasteiger partial charge in [-0.25, -0.2) is 9.37 Å². The zero-order chi connectivity index (χ0) is 15.6. The lowest BCUT2D eigenvalue weighted by molar-refractivity contribution is -0.140. The molecule has 1 heterocycles. The molecule has 0 aliphatic heterocycles. The number of hydrogen-bond acceptors (Lipinski definition) is 2. The van der Waals surface area contributed by atoms with Crippen LogP contribution in [0.5, 0.6) is 0 Å². The van der Waals surface area contributed by atoms with Crippen LogP contribution in [0.25, 0.3) is 0 Å². The highest BCUT2D eigenvalue weighted by molar-refractivity contribution is 6.03. The molecular weight excluding hydrogens is 288 g/mol. The van der Waals surface area contributed by atoms with Gasteiger partial charge in [-0.2, -0.15) is 13.2 Å². The Labute approximate surface area is 117 Å². The summed E-state index contributed by atoms with van der Waals surface area (Å²) in [6.45, 7) is 1.80. The van der Waals surface area contributed by atoms with Crippen LogP contribution in [0.2, 0.25) is 0 Å². The van der Waals surface area contributed by atoms with Crippen molar-refractivity contribution < 1.29 is 22.4 Å². The summed E-state index contributed by atoms with van der Waals surface area (Å²) in [5.41, 5.74) is -0.910. The molecule has 0 bridgehead atoms. The molecule has 2 rings (SSSR count). The van der Waals surface area contributed by atoms with E-state index < -0.39 is 23.5 Å². The molecule has 7 heteroatoms. The van der Waals surface area contributed by atoms with E-state index in [1.807, 2.05) is 0 Å². The summed E-state index contributed by atoms with van der Waals surface area (Å²) in [5, 5.41) is 2.34. The molecule has 1 amide bonds. The second-order valence-corrected chi connectivity index (χ2v) is 4.37. The molecule has 0 saturated heterocycles. The van der Waals surface area contributed by atoms with E-state index in [1.165, 1.54) is 12.3 Å². The summed E-state index contributed by atoms with van der Waals surface area (Å²) in [7, 11) is 0. The average molecular weight is 298 g/mol. The minimum absolute atomic E-state index is 0.198. The van der Waals surface area contributed by atoms with Crippen molar-refractivity contribution in [1.82, 2.24) is 4.98 Å². The van der Waals surface area contributed by atoms with Crippen LogP contribution >= 0.6 is 0 Å². The lowest BCUT2D eigenvalue weighted by atomic mass is 10.1. The molecule has 0 aliphatic carbocycles. The van der Waals surface area contributed by atoms with Crippen molar-refractivity contribution >= 4 is 11.7 Å². The molecule has 0 spiro atoms. The summed E-state index contributed by atoms with van der Waals surface area (Å²) in [6, 6.07) is 5.27. The van der Waals surface area contributed by atoms with Crippen molar-refractivity contribution in [1.29, 1.82) is 0 Å². The Balaban J connectivity index is 2.25. The second-order valence-electron chi connectivity index (χ2n) is 4.37. The number of aryl methyl sites for hydroxylation is 1. The molecule has 21 heavy (non-hydrogen) atoms. The maximum atomic E-state index is 13.1. The Hall–Kier alpha value is -2.44. The standard InChI is InChI=1S/C14H10F4N2O/c1-8-2-5-12(19-7-8)20-13(21)9-3-4-11(15)10(6-9)14(16,17)18/h2-7H,1H3,(H,19,20,21). The molecule has 0 atom stereocenters. The molecule has 0 saturated carbocycles. The van der Waals surface area contributed by atoms with Crippen molar-refractivity contribution in [3.05, 3.63) is 59.0 Å². The van der Waals surface area contributed by atoms with Crippen LogP contribution in [-0.4, -0.2) is 10.9 Å². The molecular formula is C14H10F4N2O. The number of alkyl halides is 3. The first kappa shape index (κ1) is 15.0. The number of amides is 1. The van der Waals surface area contributed by atoms with Gasteiger partial charge in [0.1, 0.15) is 11.6 Å². The second kappa shape index (κ2) is 5.51. The summed E-state index contributed by atoms with van der Waals surface area (Å²) < 4.78 is 50.9. The number of carbonyl (C=O) groups excluding carboxylic acids is 1. The van der Waals surface area contributed by atoms with Gasteiger partial charge in [0.15, 0.2) is 0 Å². The predicted molar refractivity (Wildman–Crippen MR) is 68.3 cm³/mol. The van der Waals surface area contributed by atoms with Crippen molar-refractivity contribution in [2.45, 2.75) is 13.1 Å². The number of hydrogen-bond donors (Lipinski definition) is 1. The number of rotatable bonds is 2. The van der Waals surface area contributed by atoms with Crippen LogP contribution < -0.4 is 5.32 Å². The van der Waals surface area contributed by atoms with Gasteiger partial charge in [0.2, 0.25) is 0 Å². The highest BCUT2D eigenvalue weighted by Gasteiger charge is 2.34. The van der Waals surface area contributed by atoms with E-state index in [2.05, 4.69) is 10.3 Å². The van der Waals surface area contributed by atoms with Crippen LogP contribution in [0.1, 0.15) is 21.5 Å². The monoisotopic (exact) mass is 298 g/mol. The summed E-state index contributed by atoms with van der Waals surface area (Å²) >= 11 is 0. The van der Waals surface area contributed by atoms with E-state index in [0.29, 0.717) is 12.1 Å². The Morgan fingerprint density at radius 1 is 1.19 bits per heavy atom. The lowest BCUT2D eigenvalue weighted by Gasteiger charge is -2.10. The Kier molecular flexibility index (Phi) is 3.93. The maximum absolute atomic E-state index is 13.1. The first-order chi connectivity index (χ1) is 9.77. The Morgan fingerprint density at radius 3 is 2.48 bits per heavy atom. The van der Waals surface area contributed by atoms with Gasteiger partial charge in [0, 0.05) is 11.8 Å². The molecule has 0 aliphatic rings. The molecule has 3 nitrogen and oxygen atoms in total. The zero-order valence-electron chi connectivity index (χ0n) is 10.8. The molecule has 0 radical (unpaired) electrons. The molecule has 0 unspecified atom stereocenters. The highest BCUT2D eigenvalue weighted by Crippen LogP contribution is 2.32. The first-order valence-corrected chi connectivity index (χ1v) is 5.88. The van der Waals surface area contributed by atoms with Gasteiger partial charge in [-0.05, 0) is 36.8 Å². The van der Waals surface area contributed by atoms with Gasteiger partial charge in [-0.15, -0.1) is 0 Å². The van der Waals surface area contributed by atoms with E-state index in [9.17, 15) is 22.4 Å². The van der Waals surface area contributed by atoms with Gasteiger partial charge in [0.25, 0.3) is 5.91 Å². The maximum Gasteiger partial charge on any atom is 0.419 e. The number of aromatic nitrogens is 1. The van der Waals surface area contributed by atoms with Crippen molar-refractivity contribution in [3.63, 3.8) is 0 Å². The number of nitrogens with one attached hydrogen (secondary N) is 1. The van der Waals surface area contributed by atoms with Crippen molar-refractivity contribution in [3.8, 4) is 0 Å². The molecule has 110 valence electrons. The fourth-order valence-electron chi connectivity index (χ4n) is 1.61. The molecule has 1 aromatic carbocycles. The topological polar surface area (TPSA) is 42.0 Å². The first-order valence-electron chi connectivity index (χ1n) is 5.88. The number of pyridine rings is 1. The van der Waals surface area contributed by atoms with Gasteiger partial charge >= 0.3 is 6.18 Å². The SMILES string of the molecule is Cc1ccc(NC(=O)c2ccc(F)c(C(F)(F)F)c2)nc1. The average Bonchev–Trinajstić information content (AvgIpc) is 2.40. The van der Waals surface area contributed by atoms with Crippen LogP contribution in [0.3, 0.4) is 0 Å². The molecule has 1 aromatic heterocycles. The van der Waals surface area contributed by atoms with E-state index in [1.54, 1.807) is 13.0 Å². The molecule has 0 fully saturated rings. The fraction of sp³-hybridized carbons (Fsp3) is 0.143. The third-order valence-corrected chi connectivity index (χ3v) is 2.69. The minimum atomic E-state index is -4.86. The highest BCUT2D eigenvalue weighted by atomic mass is 19.4. The Bertz CT molecular complexity index is 666. The van der Waals surface area contributed by atoms with Gasteiger partial charge in [-0.1, -0.05) is 6.07 Å².